The summed E-state index contributed by atoms with van der Waals surface area (Å²) in [6.45, 7) is 1.12. The Labute approximate surface area is 164 Å². The Balaban J connectivity index is 0.00000161. The minimum atomic E-state index is -4.81. The van der Waals surface area contributed by atoms with Gasteiger partial charge in [-0.2, -0.15) is 0 Å². The molecule has 0 saturated carbocycles. The Hall–Kier alpha value is -0.194. The van der Waals surface area contributed by atoms with Crippen LogP contribution in [0.2, 0.25) is 0 Å². The predicted octanol–water partition coefficient (Wildman–Crippen LogP) is -1.54. The molecular weight excluding hydrogens is 323 g/mol. The zero-order valence-corrected chi connectivity index (χ0v) is 15.3. The number of rotatable bonds is 5. The van der Waals surface area contributed by atoms with Gasteiger partial charge in [0.2, 0.25) is 0 Å². The van der Waals surface area contributed by atoms with Crippen molar-refractivity contribution in [1.29, 1.82) is 0 Å². The summed E-state index contributed by atoms with van der Waals surface area (Å²) in [6, 6.07) is 9.92. The molecule has 21 heavy (non-hydrogen) atoms. The number of benzene rings is 2. The van der Waals surface area contributed by atoms with Gasteiger partial charge in [0.25, 0.3) is 10.4 Å². The first kappa shape index (κ1) is 17.2. The van der Waals surface area contributed by atoms with Gasteiger partial charge in [0.05, 0.1) is 6.61 Å². The van der Waals surface area contributed by atoms with Gasteiger partial charge >= 0.3 is 51.4 Å². The van der Waals surface area contributed by atoms with Crippen molar-refractivity contribution in [2.45, 2.75) is 6.10 Å². The molecule has 1 aliphatic rings. The first-order valence-corrected chi connectivity index (χ1v) is 7.28. The third kappa shape index (κ3) is 4.64. The second kappa shape index (κ2) is 6.92. The van der Waals surface area contributed by atoms with Crippen LogP contribution in [0.4, 0.5) is 0 Å². The van der Waals surface area contributed by atoms with Crippen LogP contribution >= 0.6 is 0 Å². The maximum Gasteiger partial charge on any atom is 1.00 e. The van der Waals surface area contributed by atoms with Crippen molar-refractivity contribution in [3.05, 3.63) is 36.4 Å². The number of epoxide rings is 1. The maximum atomic E-state index is 10.7. The minimum absolute atomic E-state index is 0. The number of hydrogen-bond acceptors (Lipinski definition) is 6. The summed E-state index contributed by atoms with van der Waals surface area (Å²) in [7, 11) is -4.81. The third-order valence-electron chi connectivity index (χ3n) is 2.86. The molecule has 2 aromatic rings. The number of ether oxygens (including phenoxy) is 2. The SMILES string of the molecule is O=S(=O)([O-])Oc1ccc(OCC2CO2)c2ccccc12.[K+]. The van der Waals surface area contributed by atoms with E-state index < -0.39 is 10.4 Å². The molecule has 0 bridgehead atoms. The fourth-order valence-electron chi connectivity index (χ4n) is 1.90. The van der Waals surface area contributed by atoms with Gasteiger partial charge in [-0.3, -0.25) is 0 Å². The van der Waals surface area contributed by atoms with Gasteiger partial charge < -0.3 is 18.2 Å². The fraction of sp³-hybridized carbons (Fsp3) is 0.231. The summed E-state index contributed by atoms with van der Waals surface area (Å²) in [4.78, 5) is 0. The van der Waals surface area contributed by atoms with Gasteiger partial charge in [0, 0.05) is 10.8 Å². The van der Waals surface area contributed by atoms with Gasteiger partial charge in [-0.15, -0.1) is 0 Å². The summed E-state index contributed by atoms with van der Waals surface area (Å²) in [5, 5.41) is 1.18. The molecule has 2 aromatic carbocycles. The first-order chi connectivity index (χ1) is 9.53. The quantitative estimate of drug-likeness (QED) is 0.285. The van der Waals surface area contributed by atoms with Crippen LogP contribution in [0.1, 0.15) is 0 Å². The van der Waals surface area contributed by atoms with Crippen molar-refractivity contribution < 1.29 is 78.0 Å². The molecule has 8 heteroatoms. The van der Waals surface area contributed by atoms with Crippen molar-refractivity contribution in [3.8, 4) is 11.5 Å². The molecule has 0 radical (unpaired) electrons. The average Bonchev–Trinajstić information content (AvgIpc) is 3.20. The van der Waals surface area contributed by atoms with Crippen molar-refractivity contribution in [3.63, 3.8) is 0 Å². The van der Waals surface area contributed by atoms with Crippen LogP contribution in [-0.4, -0.2) is 32.3 Å². The standard InChI is InChI=1S/C13H12O6S.K/c14-20(15,16)19-13-6-5-12(18-8-9-7-17-9)10-3-1-2-4-11(10)13;/h1-6,9H,7-8H2,(H,14,15,16);/q;+1/p-1. The molecular formula is C13H11KO6S. The van der Waals surface area contributed by atoms with E-state index in [2.05, 4.69) is 4.18 Å². The van der Waals surface area contributed by atoms with Crippen molar-refractivity contribution >= 4 is 21.2 Å². The van der Waals surface area contributed by atoms with Crippen LogP contribution in [0.3, 0.4) is 0 Å². The van der Waals surface area contributed by atoms with Crippen LogP contribution in [0.5, 0.6) is 11.5 Å². The Morgan fingerprint density at radius 2 is 1.71 bits per heavy atom. The van der Waals surface area contributed by atoms with Gasteiger partial charge in [-0.25, -0.2) is 8.42 Å². The largest absolute Gasteiger partial charge is 1.00 e. The monoisotopic (exact) mass is 334 g/mol. The normalized spacial score (nSPS) is 17.1. The van der Waals surface area contributed by atoms with Crippen LogP contribution in [0, 0.1) is 0 Å². The van der Waals surface area contributed by atoms with Crippen molar-refractivity contribution in [2.24, 2.45) is 0 Å². The molecule has 1 fully saturated rings. The Kier molecular flexibility index (Phi) is 5.66. The molecule has 1 unspecified atom stereocenters. The van der Waals surface area contributed by atoms with Crippen LogP contribution in [-0.2, 0) is 15.1 Å². The molecule has 1 saturated heterocycles. The van der Waals surface area contributed by atoms with E-state index in [4.69, 9.17) is 9.47 Å². The average molecular weight is 334 g/mol. The van der Waals surface area contributed by atoms with Crippen LogP contribution in [0.25, 0.3) is 10.8 Å². The van der Waals surface area contributed by atoms with Crippen LogP contribution < -0.4 is 60.3 Å². The molecule has 0 N–H and O–H groups in total. The van der Waals surface area contributed by atoms with Gasteiger partial charge in [-0.05, 0) is 12.1 Å². The zero-order valence-electron chi connectivity index (χ0n) is 11.3. The van der Waals surface area contributed by atoms with E-state index in [9.17, 15) is 13.0 Å². The van der Waals surface area contributed by atoms with E-state index in [0.717, 1.165) is 0 Å². The molecule has 0 aromatic heterocycles. The summed E-state index contributed by atoms with van der Waals surface area (Å²) < 4.78 is 47.3. The van der Waals surface area contributed by atoms with Gasteiger partial charge in [-0.1, -0.05) is 24.3 Å². The Morgan fingerprint density at radius 1 is 1.14 bits per heavy atom. The summed E-state index contributed by atoms with van der Waals surface area (Å²) in [5.41, 5.74) is 0. The topological polar surface area (TPSA) is 88.2 Å². The first-order valence-electron chi connectivity index (χ1n) is 5.94. The molecule has 1 heterocycles. The van der Waals surface area contributed by atoms with E-state index in [1.165, 1.54) is 6.07 Å². The van der Waals surface area contributed by atoms with Crippen LogP contribution in [0.15, 0.2) is 36.4 Å². The number of hydrogen-bond donors (Lipinski definition) is 0. The van der Waals surface area contributed by atoms with Gasteiger partial charge in [0.15, 0.2) is 0 Å². The van der Waals surface area contributed by atoms with E-state index in [1.807, 2.05) is 0 Å². The maximum absolute atomic E-state index is 10.7. The molecule has 0 spiro atoms. The zero-order chi connectivity index (χ0) is 14.2. The fourth-order valence-corrected chi connectivity index (χ4v) is 2.26. The predicted molar refractivity (Wildman–Crippen MR) is 69.5 cm³/mol. The minimum Gasteiger partial charge on any atom is -0.716 e. The third-order valence-corrected chi connectivity index (χ3v) is 3.25. The second-order valence-corrected chi connectivity index (χ2v) is 5.35. The second-order valence-electron chi connectivity index (χ2n) is 4.37. The van der Waals surface area contributed by atoms with E-state index in [-0.39, 0.29) is 63.2 Å². The van der Waals surface area contributed by atoms with E-state index in [1.54, 1.807) is 30.3 Å². The van der Waals surface area contributed by atoms with E-state index >= 15 is 0 Å². The smallest absolute Gasteiger partial charge is 0.716 e. The van der Waals surface area contributed by atoms with E-state index in [0.29, 0.717) is 29.7 Å². The Bertz CT molecular complexity index is 741. The molecule has 0 amide bonds. The summed E-state index contributed by atoms with van der Waals surface area (Å²) in [6.07, 6.45) is 0.117. The summed E-state index contributed by atoms with van der Waals surface area (Å²) >= 11 is 0. The molecule has 1 atom stereocenters. The molecule has 0 aliphatic carbocycles. The summed E-state index contributed by atoms with van der Waals surface area (Å²) in [5.74, 6) is 0.581. The molecule has 106 valence electrons. The molecule has 1 aliphatic heterocycles. The van der Waals surface area contributed by atoms with Crippen molar-refractivity contribution in [1.82, 2.24) is 0 Å². The molecule has 3 rings (SSSR count). The Morgan fingerprint density at radius 3 is 2.29 bits per heavy atom. The van der Waals surface area contributed by atoms with Gasteiger partial charge in [0.1, 0.15) is 24.2 Å². The molecule has 6 nitrogen and oxygen atoms in total. The van der Waals surface area contributed by atoms with Crippen molar-refractivity contribution in [2.75, 3.05) is 13.2 Å². The number of fused-ring (bicyclic) bond motifs is 1.